The first-order valence-corrected chi connectivity index (χ1v) is 6.31. The minimum atomic E-state index is -4.26. The zero-order valence-corrected chi connectivity index (χ0v) is 9.03. The number of carbonyl (C=O) groups is 1. The standard InChI is InChI=1S/C7H13O8P/c8-4-3(1-2-16(12,13)14)15-7(11)6(10)5(4)9/h3-6,8-10H,1-2H2,(H2,12,13,14). The van der Waals surface area contributed by atoms with Crippen LogP contribution in [0.2, 0.25) is 0 Å². The zero-order chi connectivity index (χ0) is 12.5. The van der Waals surface area contributed by atoms with Crippen LogP contribution in [-0.4, -0.2) is 61.7 Å². The predicted octanol–water partition coefficient (Wildman–Crippen LogP) is -2.44. The van der Waals surface area contributed by atoms with E-state index in [1.165, 1.54) is 0 Å². The minimum Gasteiger partial charge on any atom is -0.457 e. The SMILES string of the molecule is O=C1OC(CCP(=O)(O)O)C(O)C(O)C1O. The van der Waals surface area contributed by atoms with Gasteiger partial charge in [-0.2, -0.15) is 0 Å². The van der Waals surface area contributed by atoms with Crippen LogP contribution >= 0.6 is 7.60 Å². The molecule has 5 N–H and O–H groups in total. The summed E-state index contributed by atoms with van der Waals surface area (Å²) in [4.78, 5) is 28.1. The molecule has 94 valence electrons. The molecule has 0 spiro atoms. The minimum absolute atomic E-state index is 0.291. The smallest absolute Gasteiger partial charge is 0.338 e. The van der Waals surface area contributed by atoms with Gasteiger partial charge in [-0.1, -0.05) is 0 Å². The number of aliphatic hydroxyl groups is 3. The molecule has 0 aromatic heterocycles. The monoisotopic (exact) mass is 256 g/mol. The maximum absolute atomic E-state index is 10.9. The highest BCUT2D eigenvalue weighted by Gasteiger charge is 2.43. The summed E-state index contributed by atoms with van der Waals surface area (Å²) in [6.45, 7) is 0. The van der Waals surface area contributed by atoms with Crippen molar-refractivity contribution in [3.8, 4) is 0 Å². The van der Waals surface area contributed by atoms with Gasteiger partial charge in [-0.15, -0.1) is 0 Å². The van der Waals surface area contributed by atoms with Crippen LogP contribution in [0.1, 0.15) is 6.42 Å². The fraction of sp³-hybridized carbons (Fsp3) is 0.857. The van der Waals surface area contributed by atoms with E-state index in [-0.39, 0.29) is 6.42 Å². The first-order valence-electron chi connectivity index (χ1n) is 4.51. The topological polar surface area (TPSA) is 145 Å². The van der Waals surface area contributed by atoms with Crippen molar-refractivity contribution in [1.82, 2.24) is 0 Å². The molecule has 9 heteroatoms. The molecule has 0 aromatic carbocycles. The molecule has 4 atom stereocenters. The van der Waals surface area contributed by atoms with Crippen molar-refractivity contribution in [2.75, 3.05) is 6.16 Å². The average Bonchev–Trinajstić information content (AvgIpc) is 2.17. The van der Waals surface area contributed by atoms with Crippen molar-refractivity contribution in [3.63, 3.8) is 0 Å². The Kier molecular flexibility index (Phi) is 4.06. The Labute approximate surface area is 90.6 Å². The zero-order valence-electron chi connectivity index (χ0n) is 8.13. The molecule has 0 aliphatic carbocycles. The van der Waals surface area contributed by atoms with E-state index in [4.69, 9.17) is 14.9 Å². The third-order valence-corrected chi connectivity index (χ3v) is 3.11. The first kappa shape index (κ1) is 13.6. The Hall–Kier alpha value is -0.500. The van der Waals surface area contributed by atoms with E-state index in [0.717, 1.165) is 0 Å². The van der Waals surface area contributed by atoms with E-state index in [1.807, 2.05) is 0 Å². The van der Waals surface area contributed by atoms with Gasteiger partial charge in [-0.3, -0.25) is 4.57 Å². The van der Waals surface area contributed by atoms with Crippen molar-refractivity contribution >= 4 is 13.6 Å². The lowest BCUT2D eigenvalue weighted by atomic mass is 9.98. The maximum Gasteiger partial charge on any atom is 0.338 e. The number of rotatable bonds is 3. The second-order valence-corrected chi connectivity index (χ2v) is 5.35. The Bertz CT molecular complexity index is 312. The molecule has 1 saturated heterocycles. The highest BCUT2D eigenvalue weighted by Crippen LogP contribution is 2.36. The Balaban J connectivity index is 2.61. The van der Waals surface area contributed by atoms with E-state index in [9.17, 15) is 19.6 Å². The third kappa shape index (κ3) is 3.24. The summed E-state index contributed by atoms with van der Waals surface area (Å²) >= 11 is 0. The van der Waals surface area contributed by atoms with Crippen LogP contribution in [0.5, 0.6) is 0 Å². The summed E-state index contributed by atoms with van der Waals surface area (Å²) < 4.78 is 15.1. The number of carbonyl (C=O) groups excluding carboxylic acids is 1. The Morgan fingerprint density at radius 2 is 1.75 bits per heavy atom. The molecule has 1 heterocycles. The predicted molar refractivity (Wildman–Crippen MR) is 49.4 cm³/mol. The van der Waals surface area contributed by atoms with Crippen LogP contribution in [0, 0.1) is 0 Å². The lowest BCUT2D eigenvalue weighted by Crippen LogP contribution is -2.55. The fourth-order valence-electron chi connectivity index (χ4n) is 1.36. The van der Waals surface area contributed by atoms with E-state index in [0.29, 0.717) is 0 Å². The van der Waals surface area contributed by atoms with Gasteiger partial charge >= 0.3 is 13.6 Å². The van der Waals surface area contributed by atoms with Gasteiger partial charge in [0.15, 0.2) is 6.10 Å². The van der Waals surface area contributed by atoms with Crippen molar-refractivity contribution in [1.29, 1.82) is 0 Å². The van der Waals surface area contributed by atoms with Gasteiger partial charge in [0.1, 0.15) is 18.3 Å². The van der Waals surface area contributed by atoms with Gasteiger partial charge in [0.05, 0.1) is 6.16 Å². The van der Waals surface area contributed by atoms with E-state index >= 15 is 0 Å². The van der Waals surface area contributed by atoms with Crippen molar-refractivity contribution in [2.24, 2.45) is 0 Å². The van der Waals surface area contributed by atoms with Gasteiger partial charge in [0.25, 0.3) is 0 Å². The summed E-state index contributed by atoms with van der Waals surface area (Å²) in [6.07, 6.45) is -7.19. The van der Waals surface area contributed by atoms with Gasteiger partial charge in [-0.05, 0) is 6.42 Å². The van der Waals surface area contributed by atoms with Crippen molar-refractivity contribution in [3.05, 3.63) is 0 Å². The molecular formula is C7H13O8P. The van der Waals surface area contributed by atoms with Gasteiger partial charge < -0.3 is 29.8 Å². The fourth-order valence-corrected chi connectivity index (χ4v) is 1.95. The number of cyclic esters (lactones) is 1. The second-order valence-electron chi connectivity index (χ2n) is 3.58. The molecule has 0 aromatic rings. The number of hydrogen-bond acceptors (Lipinski definition) is 6. The molecule has 16 heavy (non-hydrogen) atoms. The number of ether oxygens (including phenoxy) is 1. The van der Waals surface area contributed by atoms with Crippen LogP contribution in [0.15, 0.2) is 0 Å². The molecule has 0 saturated carbocycles. The average molecular weight is 256 g/mol. The van der Waals surface area contributed by atoms with Gasteiger partial charge in [0.2, 0.25) is 0 Å². The third-order valence-electron chi connectivity index (χ3n) is 2.27. The van der Waals surface area contributed by atoms with Crippen LogP contribution < -0.4 is 0 Å². The Morgan fingerprint density at radius 1 is 1.19 bits per heavy atom. The van der Waals surface area contributed by atoms with Crippen molar-refractivity contribution in [2.45, 2.75) is 30.8 Å². The summed E-state index contributed by atoms with van der Waals surface area (Å²) in [5.41, 5.74) is 0. The van der Waals surface area contributed by atoms with Crippen LogP contribution in [-0.2, 0) is 14.1 Å². The molecule has 1 fully saturated rings. The van der Waals surface area contributed by atoms with Gasteiger partial charge in [0, 0.05) is 0 Å². The number of aliphatic hydroxyl groups excluding tert-OH is 3. The summed E-state index contributed by atoms with van der Waals surface area (Å²) in [6, 6.07) is 0. The molecule has 0 bridgehead atoms. The van der Waals surface area contributed by atoms with Crippen LogP contribution in [0.25, 0.3) is 0 Å². The first-order chi connectivity index (χ1) is 7.22. The molecule has 0 radical (unpaired) electrons. The molecule has 4 unspecified atom stereocenters. The summed E-state index contributed by atoms with van der Waals surface area (Å²) in [5, 5.41) is 27.6. The molecule has 0 amide bonds. The van der Waals surface area contributed by atoms with E-state index < -0.39 is 44.1 Å². The Morgan fingerprint density at radius 3 is 2.25 bits per heavy atom. The largest absolute Gasteiger partial charge is 0.457 e. The second kappa shape index (κ2) is 4.79. The van der Waals surface area contributed by atoms with Crippen LogP contribution in [0.4, 0.5) is 0 Å². The summed E-state index contributed by atoms with van der Waals surface area (Å²) in [7, 11) is -4.26. The highest BCUT2D eigenvalue weighted by atomic mass is 31.2. The molecule has 8 nitrogen and oxygen atoms in total. The summed E-state index contributed by atoms with van der Waals surface area (Å²) in [5.74, 6) is -1.12. The number of hydrogen-bond donors (Lipinski definition) is 5. The van der Waals surface area contributed by atoms with E-state index in [2.05, 4.69) is 4.74 Å². The van der Waals surface area contributed by atoms with Gasteiger partial charge in [-0.25, -0.2) is 4.79 Å². The molecule has 1 aliphatic heterocycles. The normalized spacial score (nSPS) is 35.9. The van der Waals surface area contributed by atoms with Crippen molar-refractivity contribution < 1.29 is 39.2 Å². The lowest BCUT2D eigenvalue weighted by molar-refractivity contribution is -0.202. The lowest BCUT2D eigenvalue weighted by Gasteiger charge is -2.34. The maximum atomic E-state index is 10.9. The van der Waals surface area contributed by atoms with E-state index in [1.54, 1.807) is 0 Å². The molecule has 1 aliphatic rings. The highest BCUT2D eigenvalue weighted by molar-refractivity contribution is 7.51. The molecule has 1 rings (SSSR count). The number of esters is 1. The quantitative estimate of drug-likeness (QED) is 0.276. The molecular weight excluding hydrogens is 243 g/mol. The van der Waals surface area contributed by atoms with Crippen LogP contribution in [0.3, 0.4) is 0 Å².